The number of fused-ring (bicyclic) bond motifs is 3. The number of hydrogen-bond acceptors (Lipinski definition) is 6. The van der Waals surface area contributed by atoms with E-state index in [4.69, 9.17) is 4.74 Å². The van der Waals surface area contributed by atoms with Crippen LogP contribution in [0.1, 0.15) is 12.0 Å². The molecule has 0 unspecified atom stereocenters. The molecular weight excluding hydrogens is 356 g/mol. The van der Waals surface area contributed by atoms with E-state index in [2.05, 4.69) is 9.64 Å². The number of likely N-dealkylation sites (N-methyl/N-ethyl adjacent to an activating group) is 1. The van der Waals surface area contributed by atoms with Gasteiger partial charge in [0.1, 0.15) is 0 Å². The van der Waals surface area contributed by atoms with Crippen LogP contribution < -0.4 is 0 Å². The molecule has 8 heteroatoms. The summed E-state index contributed by atoms with van der Waals surface area (Å²) in [6.45, 7) is 3.03. The second kappa shape index (κ2) is 8.04. The molecule has 1 aromatic rings. The van der Waals surface area contributed by atoms with E-state index in [0.29, 0.717) is 32.7 Å². The van der Waals surface area contributed by atoms with Crippen LogP contribution in [-0.4, -0.2) is 76.6 Å². The summed E-state index contributed by atoms with van der Waals surface area (Å²) in [4.78, 5) is 13.7. The maximum atomic E-state index is 13.2. The Labute approximate surface area is 154 Å². The van der Waals surface area contributed by atoms with Crippen LogP contribution in [0, 0.1) is 5.92 Å². The zero-order valence-electron chi connectivity index (χ0n) is 15.3. The first-order chi connectivity index (χ1) is 12.4. The van der Waals surface area contributed by atoms with Crippen molar-refractivity contribution in [2.45, 2.75) is 23.8 Å². The second-order valence-electron chi connectivity index (χ2n) is 7.07. The summed E-state index contributed by atoms with van der Waals surface area (Å²) in [6.07, 6.45) is 0.808. The molecule has 1 aromatic carbocycles. The average molecular weight is 382 g/mol. The zero-order valence-corrected chi connectivity index (χ0v) is 16.1. The van der Waals surface area contributed by atoms with Crippen LogP contribution in [0.25, 0.3) is 0 Å². The Balaban J connectivity index is 1.78. The molecule has 7 nitrogen and oxygen atoms in total. The van der Waals surface area contributed by atoms with Crippen molar-refractivity contribution >= 4 is 16.0 Å². The fourth-order valence-electron chi connectivity index (χ4n) is 3.65. The third-order valence-corrected chi connectivity index (χ3v) is 6.91. The van der Waals surface area contributed by atoms with Crippen molar-refractivity contribution in [1.82, 2.24) is 9.21 Å². The maximum absolute atomic E-state index is 13.2. The minimum Gasteiger partial charge on any atom is -0.469 e. The van der Waals surface area contributed by atoms with E-state index in [1.807, 2.05) is 7.05 Å². The lowest BCUT2D eigenvalue weighted by atomic mass is 10.1. The number of esters is 1. The fourth-order valence-corrected chi connectivity index (χ4v) is 5.32. The number of ether oxygens (including phenoxy) is 2. The highest BCUT2D eigenvalue weighted by atomic mass is 32.2. The Hall–Kier alpha value is -1.48. The molecule has 2 heterocycles. The molecule has 3 rings (SSSR count). The van der Waals surface area contributed by atoms with Gasteiger partial charge in [0.15, 0.2) is 0 Å². The van der Waals surface area contributed by atoms with Gasteiger partial charge < -0.3 is 14.4 Å². The monoisotopic (exact) mass is 382 g/mol. The lowest BCUT2D eigenvalue weighted by Crippen LogP contribution is -2.45. The van der Waals surface area contributed by atoms with Crippen molar-refractivity contribution in [3.05, 3.63) is 29.8 Å². The Morgan fingerprint density at radius 1 is 1.19 bits per heavy atom. The van der Waals surface area contributed by atoms with Gasteiger partial charge in [-0.3, -0.25) is 4.79 Å². The summed E-state index contributed by atoms with van der Waals surface area (Å²) in [7, 11) is -0.198. The van der Waals surface area contributed by atoms with E-state index in [1.165, 1.54) is 7.11 Å². The SMILES string of the molecule is COC(=O)CCc1ccc(S(=O)(=O)N2C[C@H]3COC[C@@H]2CN(C)C3)cc1. The van der Waals surface area contributed by atoms with Gasteiger partial charge in [0.05, 0.1) is 31.3 Å². The normalized spacial score (nSPS) is 24.8. The molecule has 2 aliphatic rings. The van der Waals surface area contributed by atoms with Crippen molar-refractivity contribution < 1.29 is 22.7 Å². The lowest BCUT2D eigenvalue weighted by molar-refractivity contribution is -0.140. The molecule has 2 saturated heterocycles. The molecule has 26 heavy (non-hydrogen) atoms. The average Bonchev–Trinajstić information content (AvgIpc) is 2.91. The van der Waals surface area contributed by atoms with E-state index >= 15 is 0 Å². The van der Waals surface area contributed by atoms with E-state index in [1.54, 1.807) is 28.6 Å². The molecule has 0 aromatic heterocycles. The number of carbonyl (C=O) groups is 1. The standard InChI is InChI=1S/C18H26N2O5S/c1-19-9-15-10-20(16(11-19)13-25-12-15)26(22,23)17-6-3-14(4-7-17)5-8-18(21)24-2/h3-4,6-7,15-16H,5,8-13H2,1-2H3/t15-,16-/m0/s1. The van der Waals surface area contributed by atoms with Crippen molar-refractivity contribution in [3.8, 4) is 0 Å². The molecule has 0 amide bonds. The molecule has 0 spiro atoms. The number of carbonyl (C=O) groups excluding carboxylic acids is 1. The van der Waals surface area contributed by atoms with Gasteiger partial charge in [0.2, 0.25) is 10.0 Å². The van der Waals surface area contributed by atoms with Crippen molar-refractivity contribution in [1.29, 1.82) is 0 Å². The third-order valence-electron chi connectivity index (χ3n) is 4.98. The molecular formula is C18H26N2O5S. The number of benzene rings is 1. The van der Waals surface area contributed by atoms with Gasteiger partial charge >= 0.3 is 5.97 Å². The van der Waals surface area contributed by atoms with Crippen LogP contribution >= 0.6 is 0 Å². The van der Waals surface area contributed by atoms with Gasteiger partial charge in [-0.05, 0) is 31.2 Å². The van der Waals surface area contributed by atoms with Crippen molar-refractivity contribution in [2.75, 3.05) is 47.0 Å². The highest BCUT2D eigenvalue weighted by molar-refractivity contribution is 7.89. The van der Waals surface area contributed by atoms with E-state index in [9.17, 15) is 13.2 Å². The van der Waals surface area contributed by atoms with Crippen molar-refractivity contribution in [2.24, 2.45) is 5.92 Å². The Morgan fingerprint density at radius 2 is 1.92 bits per heavy atom. The molecule has 144 valence electrons. The summed E-state index contributed by atoms with van der Waals surface area (Å²) in [5.74, 6) is -0.0933. The maximum Gasteiger partial charge on any atom is 0.305 e. The fraction of sp³-hybridized carbons (Fsp3) is 0.611. The smallest absolute Gasteiger partial charge is 0.305 e. The van der Waals surface area contributed by atoms with Gasteiger partial charge in [-0.25, -0.2) is 8.42 Å². The number of aryl methyl sites for hydroxylation is 1. The largest absolute Gasteiger partial charge is 0.469 e. The Kier molecular flexibility index (Phi) is 5.96. The van der Waals surface area contributed by atoms with Crippen LogP contribution in [-0.2, 0) is 30.7 Å². The molecule has 0 N–H and O–H groups in total. The summed E-state index contributed by atoms with van der Waals surface area (Å²) < 4.78 is 38.3. The summed E-state index contributed by atoms with van der Waals surface area (Å²) in [5, 5.41) is 0. The predicted octanol–water partition coefficient (Wildman–Crippen LogP) is 0.743. The van der Waals surface area contributed by atoms with Crippen LogP contribution in [0.5, 0.6) is 0 Å². The van der Waals surface area contributed by atoms with E-state index in [-0.39, 0.29) is 29.2 Å². The highest BCUT2D eigenvalue weighted by Crippen LogP contribution is 2.26. The first-order valence-electron chi connectivity index (χ1n) is 8.84. The van der Waals surface area contributed by atoms with Gasteiger partial charge in [-0.15, -0.1) is 0 Å². The number of rotatable bonds is 5. The number of nitrogens with zero attached hydrogens (tertiary/aromatic N) is 2. The number of methoxy groups -OCH3 is 1. The Morgan fingerprint density at radius 3 is 2.62 bits per heavy atom. The molecule has 2 bridgehead atoms. The minimum atomic E-state index is -3.58. The number of hydrogen-bond donors (Lipinski definition) is 0. The molecule has 2 atom stereocenters. The highest BCUT2D eigenvalue weighted by Gasteiger charge is 2.39. The molecule has 0 saturated carbocycles. The molecule has 2 aliphatic heterocycles. The van der Waals surface area contributed by atoms with Gasteiger partial charge in [-0.2, -0.15) is 4.31 Å². The van der Waals surface area contributed by atoms with Crippen LogP contribution in [0.4, 0.5) is 0 Å². The summed E-state index contributed by atoms with van der Waals surface area (Å²) >= 11 is 0. The quantitative estimate of drug-likeness (QED) is 0.700. The van der Waals surface area contributed by atoms with E-state index in [0.717, 1.165) is 12.1 Å². The second-order valence-corrected chi connectivity index (χ2v) is 8.96. The van der Waals surface area contributed by atoms with Gasteiger partial charge in [0.25, 0.3) is 0 Å². The van der Waals surface area contributed by atoms with Crippen LogP contribution in [0.15, 0.2) is 29.2 Å². The molecule has 2 fully saturated rings. The van der Waals surface area contributed by atoms with E-state index < -0.39 is 10.0 Å². The topological polar surface area (TPSA) is 76.2 Å². The molecule has 0 aliphatic carbocycles. The Bertz CT molecular complexity index is 734. The third kappa shape index (κ3) is 4.25. The van der Waals surface area contributed by atoms with Crippen molar-refractivity contribution in [3.63, 3.8) is 0 Å². The first-order valence-corrected chi connectivity index (χ1v) is 10.3. The first kappa shape index (κ1) is 19.3. The van der Waals surface area contributed by atoms with Crippen LogP contribution in [0.3, 0.4) is 0 Å². The lowest BCUT2D eigenvalue weighted by Gasteiger charge is -2.29. The molecule has 0 radical (unpaired) electrons. The van der Waals surface area contributed by atoms with Crippen LogP contribution in [0.2, 0.25) is 0 Å². The van der Waals surface area contributed by atoms with Gasteiger partial charge in [-0.1, -0.05) is 12.1 Å². The zero-order chi connectivity index (χ0) is 18.7. The van der Waals surface area contributed by atoms with Gasteiger partial charge in [0, 0.05) is 32.0 Å². The number of sulfonamides is 1. The predicted molar refractivity (Wildman–Crippen MR) is 96.3 cm³/mol. The summed E-state index contributed by atoms with van der Waals surface area (Å²) in [5.41, 5.74) is 0.909. The minimum absolute atomic E-state index is 0.170. The summed E-state index contributed by atoms with van der Waals surface area (Å²) in [6, 6.07) is 6.62.